The van der Waals surface area contributed by atoms with Gasteiger partial charge in [-0.2, -0.15) is 18.4 Å². The molecule has 140 valence electrons. The van der Waals surface area contributed by atoms with Crippen LogP contribution in [0.15, 0.2) is 36.4 Å². The van der Waals surface area contributed by atoms with Crippen LogP contribution in [0.2, 0.25) is 0 Å². The Bertz CT molecular complexity index is 934. The van der Waals surface area contributed by atoms with Crippen molar-refractivity contribution in [3.63, 3.8) is 0 Å². The van der Waals surface area contributed by atoms with Crippen molar-refractivity contribution in [2.45, 2.75) is 12.6 Å². The summed E-state index contributed by atoms with van der Waals surface area (Å²) < 4.78 is 43.3. The molecule has 2 rings (SSSR count). The maximum atomic E-state index is 12.9. The first-order valence-corrected chi connectivity index (χ1v) is 7.53. The van der Waals surface area contributed by atoms with Crippen molar-refractivity contribution in [2.75, 3.05) is 18.2 Å². The summed E-state index contributed by atoms with van der Waals surface area (Å²) in [6.45, 7) is 0. The molecule has 0 aliphatic rings. The molecule has 9 heteroatoms. The van der Waals surface area contributed by atoms with E-state index in [0.717, 1.165) is 6.07 Å². The molecule has 0 unspecified atom stereocenters. The highest BCUT2D eigenvalue weighted by atomic mass is 19.4. The van der Waals surface area contributed by atoms with E-state index >= 15 is 0 Å². The number of hydrogen-bond donors (Lipinski definition) is 2. The Morgan fingerprint density at radius 1 is 1.26 bits per heavy atom. The van der Waals surface area contributed by atoms with Crippen LogP contribution in [0.1, 0.15) is 27.0 Å². The molecule has 2 aromatic carbocycles. The number of nitrogens with one attached hydrogen (secondary N) is 1. The van der Waals surface area contributed by atoms with Gasteiger partial charge in [0, 0.05) is 0 Å². The first kappa shape index (κ1) is 19.8. The molecule has 0 saturated carbocycles. The zero-order chi connectivity index (χ0) is 20.2. The average Bonchev–Trinajstić information content (AvgIpc) is 2.61. The summed E-state index contributed by atoms with van der Waals surface area (Å²) in [7, 11) is 1.22. The van der Waals surface area contributed by atoms with Crippen molar-refractivity contribution in [1.29, 1.82) is 5.26 Å². The third-order valence-corrected chi connectivity index (χ3v) is 3.60. The number of hydrogen-bond acceptors (Lipinski definition) is 5. The van der Waals surface area contributed by atoms with Crippen LogP contribution < -0.4 is 11.1 Å². The molecule has 27 heavy (non-hydrogen) atoms. The molecule has 3 N–H and O–H groups in total. The molecule has 1 amide bonds. The number of alkyl halides is 3. The number of rotatable bonds is 4. The van der Waals surface area contributed by atoms with Crippen LogP contribution in [0.25, 0.3) is 0 Å². The molecule has 0 spiro atoms. The number of methoxy groups -OCH3 is 1. The predicted octanol–water partition coefficient (Wildman–Crippen LogP) is 3.13. The Kier molecular flexibility index (Phi) is 5.70. The number of carbonyl (C=O) groups is 2. The molecule has 0 radical (unpaired) electrons. The fourth-order valence-electron chi connectivity index (χ4n) is 2.36. The largest absolute Gasteiger partial charge is 0.465 e. The van der Waals surface area contributed by atoms with Crippen molar-refractivity contribution in [3.05, 3.63) is 58.7 Å². The van der Waals surface area contributed by atoms with Gasteiger partial charge in [0.25, 0.3) is 0 Å². The highest BCUT2D eigenvalue weighted by molar-refractivity contribution is 5.96. The molecule has 0 aromatic heterocycles. The quantitative estimate of drug-likeness (QED) is 0.629. The Morgan fingerprint density at radius 2 is 1.96 bits per heavy atom. The predicted molar refractivity (Wildman–Crippen MR) is 90.7 cm³/mol. The van der Waals surface area contributed by atoms with Gasteiger partial charge in [-0.05, 0) is 29.8 Å². The normalized spacial score (nSPS) is 10.8. The SMILES string of the molecule is COC(=O)c1cccc(CC(=O)Nc2cc(C#N)c(C(F)(F)F)cc2N)c1. The van der Waals surface area contributed by atoms with Crippen LogP contribution in [-0.2, 0) is 22.1 Å². The van der Waals surface area contributed by atoms with Crippen LogP contribution in [0.3, 0.4) is 0 Å². The smallest absolute Gasteiger partial charge is 0.417 e. The van der Waals surface area contributed by atoms with Gasteiger partial charge in [0.15, 0.2) is 0 Å². The van der Waals surface area contributed by atoms with Crippen molar-refractivity contribution in [1.82, 2.24) is 0 Å². The van der Waals surface area contributed by atoms with E-state index in [9.17, 15) is 22.8 Å². The van der Waals surface area contributed by atoms with Crippen LogP contribution >= 0.6 is 0 Å². The van der Waals surface area contributed by atoms with Crippen molar-refractivity contribution in [2.24, 2.45) is 0 Å². The molecular formula is C18H14F3N3O3. The molecule has 0 aliphatic heterocycles. The Morgan fingerprint density at radius 3 is 2.56 bits per heavy atom. The molecule has 0 bridgehead atoms. The van der Waals surface area contributed by atoms with E-state index < -0.39 is 29.2 Å². The fraction of sp³-hybridized carbons (Fsp3) is 0.167. The second kappa shape index (κ2) is 7.78. The van der Waals surface area contributed by atoms with E-state index in [4.69, 9.17) is 11.0 Å². The highest BCUT2D eigenvalue weighted by Crippen LogP contribution is 2.35. The number of ether oxygens (including phenoxy) is 1. The fourth-order valence-corrected chi connectivity index (χ4v) is 2.36. The van der Waals surface area contributed by atoms with Crippen molar-refractivity contribution >= 4 is 23.3 Å². The molecule has 2 aromatic rings. The average molecular weight is 377 g/mol. The monoisotopic (exact) mass is 377 g/mol. The van der Waals surface area contributed by atoms with E-state index in [0.29, 0.717) is 11.6 Å². The van der Waals surface area contributed by atoms with Gasteiger partial charge in [-0.25, -0.2) is 4.79 Å². The number of halogens is 3. The van der Waals surface area contributed by atoms with E-state index in [1.165, 1.54) is 25.3 Å². The third-order valence-electron chi connectivity index (χ3n) is 3.60. The van der Waals surface area contributed by atoms with Crippen molar-refractivity contribution in [3.8, 4) is 6.07 Å². The highest BCUT2D eigenvalue weighted by Gasteiger charge is 2.34. The molecular weight excluding hydrogens is 363 g/mol. The molecule has 0 atom stereocenters. The lowest BCUT2D eigenvalue weighted by atomic mass is 10.0. The van der Waals surface area contributed by atoms with Gasteiger partial charge in [-0.15, -0.1) is 0 Å². The van der Waals surface area contributed by atoms with Crippen LogP contribution in [0, 0.1) is 11.3 Å². The van der Waals surface area contributed by atoms with Gasteiger partial charge in [-0.1, -0.05) is 12.1 Å². The van der Waals surface area contributed by atoms with Gasteiger partial charge in [0.2, 0.25) is 5.91 Å². The van der Waals surface area contributed by atoms with Gasteiger partial charge in [-0.3, -0.25) is 4.79 Å². The third kappa shape index (κ3) is 4.76. The number of nitrogens with two attached hydrogens (primary N) is 1. The second-order valence-corrected chi connectivity index (χ2v) is 5.51. The maximum Gasteiger partial charge on any atom is 0.417 e. The number of nitrogens with zero attached hydrogens (tertiary/aromatic N) is 1. The molecule has 0 saturated heterocycles. The van der Waals surface area contributed by atoms with Gasteiger partial charge in [0.05, 0.1) is 47.7 Å². The van der Waals surface area contributed by atoms with E-state index in [2.05, 4.69) is 10.1 Å². The minimum Gasteiger partial charge on any atom is -0.465 e. The lowest BCUT2D eigenvalue weighted by molar-refractivity contribution is -0.137. The number of carbonyl (C=O) groups excluding carboxylic acids is 2. The summed E-state index contributed by atoms with van der Waals surface area (Å²) >= 11 is 0. The summed E-state index contributed by atoms with van der Waals surface area (Å²) in [5.74, 6) is -1.14. The summed E-state index contributed by atoms with van der Waals surface area (Å²) in [5, 5.41) is 11.3. The number of nitrogen functional groups attached to an aromatic ring is 1. The lowest BCUT2D eigenvalue weighted by Crippen LogP contribution is -2.17. The van der Waals surface area contributed by atoms with Crippen molar-refractivity contribution < 1.29 is 27.5 Å². The summed E-state index contributed by atoms with van der Waals surface area (Å²) in [4.78, 5) is 23.7. The van der Waals surface area contributed by atoms with Gasteiger partial charge in [0.1, 0.15) is 0 Å². The summed E-state index contributed by atoms with van der Waals surface area (Å²) in [5.41, 5.74) is 4.07. The van der Waals surface area contributed by atoms with E-state index in [-0.39, 0.29) is 23.4 Å². The Labute approximate surface area is 152 Å². The first-order chi connectivity index (χ1) is 12.7. The summed E-state index contributed by atoms with van der Waals surface area (Å²) in [6.07, 6.45) is -4.90. The summed E-state index contributed by atoms with van der Waals surface area (Å²) in [6, 6.07) is 9.06. The zero-order valence-electron chi connectivity index (χ0n) is 14.1. The van der Waals surface area contributed by atoms with Gasteiger partial charge < -0.3 is 15.8 Å². The lowest BCUT2D eigenvalue weighted by Gasteiger charge is -2.14. The molecule has 6 nitrogen and oxygen atoms in total. The Hall–Kier alpha value is -3.54. The van der Waals surface area contributed by atoms with Crippen LogP contribution in [-0.4, -0.2) is 19.0 Å². The number of anilines is 2. The minimum atomic E-state index is -4.74. The molecule has 0 heterocycles. The Balaban J connectivity index is 2.22. The number of benzene rings is 2. The van der Waals surface area contributed by atoms with Crippen LogP contribution in [0.5, 0.6) is 0 Å². The number of esters is 1. The minimum absolute atomic E-state index is 0.103. The van der Waals surface area contributed by atoms with E-state index in [1.807, 2.05) is 0 Å². The van der Waals surface area contributed by atoms with E-state index in [1.54, 1.807) is 12.1 Å². The number of nitriles is 1. The number of amides is 1. The standard InChI is InChI=1S/C18H14F3N3O3/c1-27-17(26)11-4-2-3-10(5-11)6-16(25)24-15-7-12(9-22)13(8-14(15)23)18(19,20)21/h2-5,7-8H,6,23H2,1H3,(H,24,25). The van der Waals surface area contributed by atoms with Crippen LogP contribution in [0.4, 0.5) is 24.5 Å². The topological polar surface area (TPSA) is 105 Å². The molecule has 0 fully saturated rings. The molecule has 0 aliphatic carbocycles. The van der Waals surface area contributed by atoms with Gasteiger partial charge >= 0.3 is 12.1 Å². The zero-order valence-corrected chi connectivity index (χ0v) is 14.1. The maximum absolute atomic E-state index is 12.9. The second-order valence-electron chi connectivity index (χ2n) is 5.51. The first-order valence-electron chi connectivity index (χ1n) is 7.53.